The first-order valence-electron chi connectivity index (χ1n) is 4.36. The van der Waals surface area contributed by atoms with Gasteiger partial charge in [-0.3, -0.25) is 4.84 Å². The van der Waals surface area contributed by atoms with E-state index in [4.69, 9.17) is 4.84 Å². The maximum Gasteiger partial charge on any atom is 0.0790 e. The van der Waals surface area contributed by atoms with Crippen LogP contribution in [0.1, 0.15) is 32.6 Å². The summed E-state index contributed by atoms with van der Waals surface area (Å²) in [7, 11) is 0. The minimum absolute atomic E-state index is 0.260. The molecular formula is C9H17NO. The van der Waals surface area contributed by atoms with Gasteiger partial charge in [-0.05, 0) is 19.8 Å². The molecule has 2 nitrogen and oxygen atoms in total. The quantitative estimate of drug-likeness (QED) is 0.495. The summed E-state index contributed by atoms with van der Waals surface area (Å²) in [5.74, 6) is 0. The van der Waals surface area contributed by atoms with Crippen LogP contribution in [-0.4, -0.2) is 12.1 Å². The molecule has 64 valence electrons. The summed E-state index contributed by atoms with van der Waals surface area (Å²) in [4.78, 5) is 5.43. The zero-order chi connectivity index (χ0) is 8.10. The van der Waals surface area contributed by atoms with Crippen molar-refractivity contribution in [3.63, 3.8) is 0 Å². The molecule has 0 amide bonds. The first kappa shape index (κ1) is 8.75. The van der Waals surface area contributed by atoms with E-state index < -0.39 is 0 Å². The van der Waals surface area contributed by atoms with Gasteiger partial charge >= 0.3 is 0 Å². The molecule has 0 heterocycles. The van der Waals surface area contributed by atoms with Crippen LogP contribution in [0.15, 0.2) is 12.7 Å². The van der Waals surface area contributed by atoms with Crippen LogP contribution in [0.3, 0.4) is 0 Å². The maximum absolute atomic E-state index is 5.43. The average Bonchev–Trinajstić information content (AvgIpc) is 2.52. The van der Waals surface area contributed by atoms with E-state index in [0.29, 0.717) is 6.10 Å². The smallest absolute Gasteiger partial charge is 0.0790 e. The number of rotatable bonds is 4. The van der Waals surface area contributed by atoms with Gasteiger partial charge in [-0.2, -0.15) is 5.48 Å². The average molecular weight is 155 g/mol. The lowest BCUT2D eigenvalue weighted by atomic mass is 10.3. The Morgan fingerprint density at radius 3 is 2.73 bits per heavy atom. The van der Waals surface area contributed by atoms with Crippen LogP contribution < -0.4 is 5.48 Å². The third-order valence-electron chi connectivity index (χ3n) is 2.08. The summed E-state index contributed by atoms with van der Waals surface area (Å²) in [6, 6.07) is 0.260. The Labute approximate surface area is 68.6 Å². The molecule has 0 saturated heterocycles. The summed E-state index contributed by atoms with van der Waals surface area (Å²) < 4.78 is 0. The molecule has 0 bridgehead atoms. The fourth-order valence-corrected chi connectivity index (χ4v) is 1.26. The summed E-state index contributed by atoms with van der Waals surface area (Å²) >= 11 is 0. The fraction of sp³-hybridized carbons (Fsp3) is 0.778. The van der Waals surface area contributed by atoms with Crippen molar-refractivity contribution in [1.29, 1.82) is 0 Å². The molecule has 0 aliphatic heterocycles. The molecule has 1 N–H and O–H groups in total. The number of nitrogens with one attached hydrogen (secondary N) is 1. The molecule has 1 aliphatic rings. The molecule has 0 aromatic carbocycles. The Bertz CT molecular complexity index is 119. The lowest BCUT2D eigenvalue weighted by Gasteiger charge is -2.14. The zero-order valence-corrected chi connectivity index (χ0v) is 7.18. The maximum atomic E-state index is 5.43. The summed E-state index contributed by atoms with van der Waals surface area (Å²) in [6.45, 7) is 5.69. The van der Waals surface area contributed by atoms with Crippen LogP contribution in [0.4, 0.5) is 0 Å². The van der Waals surface area contributed by atoms with Gasteiger partial charge in [0.25, 0.3) is 0 Å². The van der Waals surface area contributed by atoms with Gasteiger partial charge in [-0.1, -0.05) is 18.9 Å². The van der Waals surface area contributed by atoms with Crippen LogP contribution in [0.5, 0.6) is 0 Å². The van der Waals surface area contributed by atoms with Crippen molar-refractivity contribution in [1.82, 2.24) is 5.48 Å². The molecule has 0 aromatic rings. The molecule has 1 rings (SSSR count). The Morgan fingerprint density at radius 1 is 1.55 bits per heavy atom. The van der Waals surface area contributed by atoms with Gasteiger partial charge in [-0.25, -0.2) is 0 Å². The number of hydrogen-bond donors (Lipinski definition) is 1. The Balaban J connectivity index is 2.06. The topological polar surface area (TPSA) is 21.3 Å². The van der Waals surface area contributed by atoms with Crippen molar-refractivity contribution >= 4 is 0 Å². The van der Waals surface area contributed by atoms with E-state index in [2.05, 4.69) is 12.1 Å². The first-order chi connectivity index (χ1) is 5.33. The molecule has 0 spiro atoms. The van der Waals surface area contributed by atoms with Crippen LogP contribution in [0.25, 0.3) is 0 Å². The van der Waals surface area contributed by atoms with Crippen molar-refractivity contribution in [2.75, 3.05) is 0 Å². The van der Waals surface area contributed by atoms with E-state index in [1.807, 2.05) is 13.0 Å². The number of hydrogen-bond acceptors (Lipinski definition) is 2. The minimum Gasteiger partial charge on any atom is -0.298 e. The highest BCUT2D eigenvalue weighted by molar-refractivity contribution is 4.78. The second kappa shape index (κ2) is 4.52. The van der Waals surface area contributed by atoms with E-state index in [1.54, 1.807) is 0 Å². The molecule has 1 unspecified atom stereocenters. The van der Waals surface area contributed by atoms with Crippen LogP contribution in [0, 0.1) is 0 Å². The highest BCUT2D eigenvalue weighted by Gasteiger charge is 2.15. The minimum atomic E-state index is 0.260. The third-order valence-corrected chi connectivity index (χ3v) is 2.08. The highest BCUT2D eigenvalue weighted by atomic mass is 16.7. The standard InChI is InChI=1S/C9H17NO/c1-3-8(2)10-11-9-6-4-5-7-9/h3,8-10H,1,4-7H2,2H3. The molecule has 11 heavy (non-hydrogen) atoms. The highest BCUT2D eigenvalue weighted by Crippen LogP contribution is 2.19. The van der Waals surface area contributed by atoms with Crippen molar-refractivity contribution in [3.8, 4) is 0 Å². The van der Waals surface area contributed by atoms with E-state index in [9.17, 15) is 0 Å². The van der Waals surface area contributed by atoms with E-state index in [1.165, 1.54) is 25.7 Å². The van der Waals surface area contributed by atoms with Gasteiger partial charge in [0.05, 0.1) is 6.10 Å². The molecule has 0 radical (unpaired) electrons. The summed E-state index contributed by atoms with van der Waals surface area (Å²) in [5.41, 5.74) is 2.96. The van der Waals surface area contributed by atoms with E-state index >= 15 is 0 Å². The Morgan fingerprint density at radius 2 is 2.18 bits per heavy atom. The van der Waals surface area contributed by atoms with Gasteiger partial charge in [0.2, 0.25) is 0 Å². The predicted molar refractivity (Wildman–Crippen MR) is 46.1 cm³/mol. The molecule has 1 atom stereocenters. The molecule has 1 saturated carbocycles. The van der Waals surface area contributed by atoms with Crippen LogP contribution in [-0.2, 0) is 4.84 Å². The van der Waals surface area contributed by atoms with Crippen molar-refractivity contribution < 1.29 is 4.84 Å². The molecular weight excluding hydrogens is 138 g/mol. The molecule has 1 fully saturated rings. The summed E-state index contributed by atoms with van der Waals surface area (Å²) in [6.07, 6.45) is 7.32. The second-order valence-electron chi connectivity index (χ2n) is 3.17. The van der Waals surface area contributed by atoms with Crippen LogP contribution >= 0.6 is 0 Å². The van der Waals surface area contributed by atoms with Crippen molar-refractivity contribution in [2.24, 2.45) is 0 Å². The monoisotopic (exact) mass is 155 g/mol. The molecule has 1 aliphatic carbocycles. The van der Waals surface area contributed by atoms with E-state index in [-0.39, 0.29) is 6.04 Å². The van der Waals surface area contributed by atoms with E-state index in [0.717, 1.165) is 0 Å². The molecule has 2 heteroatoms. The fourth-order valence-electron chi connectivity index (χ4n) is 1.26. The Hall–Kier alpha value is -0.340. The van der Waals surface area contributed by atoms with Gasteiger partial charge < -0.3 is 0 Å². The molecule has 0 aromatic heterocycles. The third kappa shape index (κ3) is 3.04. The van der Waals surface area contributed by atoms with Gasteiger partial charge in [0.1, 0.15) is 0 Å². The SMILES string of the molecule is C=CC(C)NOC1CCCC1. The van der Waals surface area contributed by atoms with Gasteiger partial charge in [-0.15, -0.1) is 6.58 Å². The first-order valence-corrected chi connectivity index (χ1v) is 4.36. The number of hydroxylamine groups is 1. The van der Waals surface area contributed by atoms with Crippen molar-refractivity contribution in [2.45, 2.75) is 44.8 Å². The Kier molecular flexibility index (Phi) is 3.60. The zero-order valence-electron chi connectivity index (χ0n) is 7.18. The largest absolute Gasteiger partial charge is 0.298 e. The van der Waals surface area contributed by atoms with Gasteiger partial charge in [0.15, 0.2) is 0 Å². The normalized spacial score (nSPS) is 21.9. The van der Waals surface area contributed by atoms with Crippen molar-refractivity contribution in [3.05, 3.63) is 12.7 Å². The summed E-state index contributed by atoms with van der Waals surface area (Å²) in [5, 5.41) is 0. The lowest BCUT2D eigenvalue weighted by Crippen LogP contribution is -2.28. The lowest BCUT2D eigenvalue weighted by molar-refractivity contribution is -0.0294. The van der Waals surface area contributed by atoms with Gasteiger partial charge in [0, 0.05) is 6.04 Å². The predicted octanol–water partition coefficient (Wildman–Crippen LogP) is 2.02. The van der Waals surface area contributed by atoms with Crippen LogP contribution in [0.2, 0.25) is 0 Å². The second-order valence-corrected chi connectivity index (χ2v) is 3.17.